The molecule has 3 rings (SSSR count). The van der Waals surface area contributed by atoms with Crippen LogP contribution in [-0.4, -0.2) is 59.3 Å². The highest BCUT2D eigenvalue weighted by Crippen LogP contribution is 2.25. The Morgan fingerprint density at radius 2 is 1.78 bits per heavy atom. The lowest BCUT2D eigenvalue weighted by atomic mass is 10.2. The molecule has 2 aromatic rings. The third-order valence-electron chi connectivity index (χ3n) is 4.14. The minimum absolute atomic E-state index is 0.0607. The van der Waals surface area contributed by atoms with Gasteiger partial charge in [0.05, 0.1) is 16.3 Å². The molecule has 2 amide bonds. The number of halogens is 1. The summed E-state index contributed by atoms with van der Waals surface area (Å²) in [5, 5.41) is 13.4. The van der Waals surface area contributed by atoms with Crippen molar-refractivity contribution >= 4 is 33.8 Å². The molecule has 0 saturated carbocycles. The van der Waals surface area contributed by atoms with Gasteiger partial charge < -0.3 is 10.2 Å². The third-order valence-corrected chi connectivity index (χ3v) is 5.16. The van der Waals surface area contributed by atoms with Crippen molar-refractivity contribution in [3.8, 4) is 0 Å². The number of amides is 2. The minimum atomic E-state index is -0.515. The summed E-state index contributed by atoms with van der Waals surface area (Å²) >= 11 is 0.862. The smallest absolute Gasteiger partial charge is 0.324 e. The molecule has 142 valence electrons. The second-order valence-corrected chi connectivity index (χ2v) is 7.08. The van der Waals surface area contributed by atoms with E-state index in [1.807, 2.05) is 4.90 Å². The number of carbonyl (C=O) groups excluding carboxylic acids is 2. The standard InChI is InChI=1S/C17H17FN4O4S/c18-12-1-3-13(4-2-12)19-15(23)11-20-7-9-21(10-8-20)17(24)14-5-6-16(27-14)22(25)26/h1-6H,7-11H2,(H,19,23). The van der Waals surface area contributed by atoms with Gasteiger partial charge in [0, 0.05) is 37.9 Å². The van der Waals surface area contributed by atoms with Gasteiger partial charge in [0.15, 0.2) is 0 Å². The Labute approximate surface area is 158 Å². The van der Waals surface area contributed by atoms with Gasteiger partial charge >= 0.3 is 5.00 Å². The highest BCUT2D eigenvalue weighted by molar-refractivity contribution is 7.17. The molecule has 8 nitrogen and oxygen atoms in total. The van der Waals surface area contributed by atoms with E-state index in [2.05, 4.69) is 5.32 Å². The zero-order chi connectivity index (χ0) is 19.4. The van der Waals surface area contributed by atoms with Gasteiger partial charge in [-0.1, -0.05) is 11.3 Å². The van der Waals surface area contributed by atoms with Gasteiger partial charge in [0.1, 0.15) is 5.82 Å². The second kappa shape index (κ2) is 8.23. The Morgan fingerprint density at radius 3 is 2.37 bits per heavy atom. The lowest BCUT2D eigenvalue weighted by Crippen LogP contribution is -2.50. The van der Waals surface area contributed by atoms with Gasteiger partial charge in [-0.25, -0.2) is 4.39 Å². The highest BCUT2D eigenvalue weighted by atomic mass is 32.1. The molecule has 1 fully saturated rings. The molecule has 0 atom stereocenters. The zero-order valence-electron chi connectivity index (χ0n) is 14.3. The minimum Gasteiger partial charge on any atom is -0.335 e. The van der Waals surface area contributed by atoms with Gasteiger partial charge in [0.25, 0.3) is 5.91 Å². The number of thiophene rings is 1. The monoisotopic (exact) mass is 392 g/mol. The first-order chi connectivity index (χ1) is 12.9. The van der Waals surface area contributed by atoms with Crippen LogP contribution in [0.15, 0.2) is 36.4 Å². The maximum atomic E-state index is 12.9. The topological polar surface area (TPSA) is 95.8 Å². The number of rotatable bonds is 5. The van der Waals surface area contributed by atoms with E-state index >= 15 is 0 Å². The summed E-state index contributed by atoms with van der Waals surface area (Å²) in [5.74, 6) is -0.816. The number of piperazine rings is 1. The summed E-state index contributed by atoms with van der Waals surface area (Å²) < 4.78 is 12.9. The van der Waals surface area contributed by atoms with Crippen molar-refractivity contribution in [1.82, 2.24) is 9.80 Å². The molecular weight excluding hydrogens is 375 g/mol. The van der Waals surface area contributed by atoms with E-state index in [4.69, 9.17) is 0 Å². The van der Waals surface area contributed by atoms with E-state index in [9.17, 15) is 24.1 Å². The van der Waals surface area contributed by atoms with E-state index in [0.29, 0.717) is 36.7 Å². The van der Waals surface area contributed by atoms with E-state index in [1.165, 1.54) is 36.4 Å². The van der Waals surface area contributed by atoms with Crippen LogP contribution in [0.2, 0.25) is 0 Å². The fourth-order valence-electron chi connectivity index (χ4n) is 2.74. The molecule has 1 aliphatic heterocycles. The average molecular weight is 392 g/mol. The van der Waals surface area contributed by atoms with Crippen molar-refractivity contribution in [2.24, 2.45) is 0 Å². The van der Waals surface area contributed by atoms with Crippen LogP contribution in [0.1, 0.15) is 9.67 Å². The molecule has 1 N–H and O–H groups in total. The Kier molecular flexibility index (Phi) is 5.77. The Bertz CT molecular complexity index is 847. The van der Waals surface area contributed by atoms with Crippen LogP contribution in [0.5, 0.6) is 0 Å². The Hall–Kier alpha value is -2.85. The molecular formula is C17H17FN4O4S. The number of anilines is 1. The van der Waals surface area contributed by atoms with Crippen molar-refractivity contribution in [3.63, 3.8) is 0 Å². The average Bonchev–Trinajstić information content (AvgIpc) is 3.14. The van der Waals surface area contributed by atoms with Crippen LogP contribution in [-0.2, 0) is 4.79 Å². The van der Waals surface area contributed by atoms with Gasteiger partial charge in [-0.2, -0.15) is 0 Å². The predicted molar refractivity (Wildman–Crippen MR) is 98.3 cm³/mol. The number of nitrogens with zero attached hydrogens (tertiary/aromatic N) is 3. The maximum Gasteiger partial charge on any atom is 0.324 e. The summed E-state index contributed by atoms with van der Waals surface area (Å²) in [6.45, 7) is 2.10. The van der Waals surface area contributed by atoms with Crippen molar-refractivity contribution in [2.45, 2.75) is 0 Å². The van der Waals surface area contributed by atoms with Crippen LogP contribution >= 0.6 is 11.3 Å². The number of nitro groups is 1. The van der Waals surface area contributed by atoms with Gasteiger partial charge in [-0.15, -0.1) is 0 Å². The van der Waals surface area contributed by atoms with Crippen molar-refractivity contribution in [2.75, 3.05) is 38.0 Å². The summed E-state index contributed by atoms with van der Waals surface area (Å²) in [5.41, 5.74) is 0.523. The first-order valence-corrected chi connectivity index (χ1v) is 9.05. The molecule has 0 bridgehead atoms. The lowest BCUT2D eigenvalue weighted by molar-refractivity contribution is -0.380. The SMILES string of the molecule is O=C(CN1CCN(C(=O)c2ccc([N+](=O)[O-])s2)CC1)Nc1ccc(F)cc1. The number of hydrogen-bond acceptors (Lipinski definition) is 6. The molecule has 0 spiro atoms. The first-order valence-electron chi connectivity index (χ1n) is 8.23. The van der Waals surface area contributed by atoms with Crippen LogP contribution in [0.4, 0.5) is 15.1 Å². The van der Waals surface area contributed by atoms with E-state index in [-0.39, 0.29) is 29.2 Å². The van der Waals surface area contributed by atoms with Gasteiger partial charge in [-0.05, 0) is 30.3 Å². The van der Waals surface area contributed by atoms with Crippen LogP contribution in [0, 0.1) is 15.9 Å². The fourth-order valence-corrected chi connectivity index (χ4v) is 3.53. The molecule has 0 unspecified atom stereocenters. The largest absolute Gasteiger partial charge is 0.335 e. The molecule has 1 saturated heterocycles. The maximum absolute atomic E-state index is 12.9. The molecule has 1 aromatic carbocycles. The van der Waals surface area contributed by atoms with Crippen molar-refractivity contribution < 1.29 is 18.9 Å². The Balaban J connectivity index is 1.48. The van der Waals surface area contributed by atoms with Gasteiger partial charge in [0.2, 0.25) is 5.91 Å². The number of carbonyl (C=O) groups is 2. The van der Waals surface area contributed by atoms with Crippen molar-refractivity contribution in [1.29, 1.82) is 0 Å². The van der Waals surface area contributed by atoms with Gasteiger partial charge in [-0.3, -0.25) is 24.6 Å². The fraction of sp³-hybridized carbons (Fsp3) is 0.294. The molecule has 10 heteroatoms. The highest BCUT2D eigenvalue weighted by Gasteiger charge is 2.25. The second-order valence-electron chi connectivity index (χ2n) is 6.02. The number of nitrogens with one attached hydrogen (secondary N) is 1. The Morgan fingerprint density at radius 1 is 1.11 bits per heavy atom. The number of benzene rings is 1. The van der Waals surface area contributed by atoms with Crippen LogP contribution < -0.4 is 5.32 Å². The zero-order valence-corrected chi connectivity index (χ0v) is 15.1. The third kappa shape index (κ3) is 4.86. The summed E-state index contributed by atoms with van der Waals surface area (Å²) in [4.78, 5) is 38.6. The summed E-state index contributed by atoms with van der Waals surface area (Å²) in [6, 6.07) is 8.32. The summed E-state index contributed by atoms with van der Waals surface area (Å²) in [7, 11) is 0. The predicted octanol–water partition coefficient (Wildman–Crippen LogP) is 2.19. The van der Waals surface area contributed by atoms with Crippen LogP contribution in [0.3, 0.4) is 0 Å². The quantitative estimate of drug-likeness (QED) is 0.622. The van der Waals surface area contributed by atoms with E-state index in [0.717, 1.165) is 11.3 Å². The van der Waals surface area contributed by atoms with E-state index < -0.39 is 4.92 Å². The molecule has 1 aromatic heterocycles. The lowest BCUT2D eigenvalue weighted by Gasteiger charge is -2.34. The van der Waals surface area contributed by atoms with Crippen LogP contribution in [0.25, 0.3) is 0 Å². The molecule has 1 aliphatic rings. The van der Waals surface area contributed by atoms with Crippen molar-refractivity contribution in [3.05, 3.63) is 57.2 Å². The number of hydrogen-bond donors (Lipinski definition) is 1. The normalized spacial score (nSPS) is 14.8. The molecule has 2 heterocycles. The first kappa shape index (κ1) is 18.9. The molecule has 27 heavy (non-hydrogen) atoms. The molecule has 0 aliphatic carbocycles. The molecule has 0 radical (unpaired) electrons. The van der Waals surface area contributed by atoms with E-state index in [1.54, 1.807) is 4.90 Å². The summed E-state index contributed by atoms with van der Waals surface area (Å²) in [6.07, 6.45) is 0.